The Morgan fingerprint density at radius 2 is 2.00 bits per heavy atom. The van der Waals surface area contributed by atoms with Crippen molar-refractivity contribution < 1.29 is 9.53 Å². The Labute approximate surface area is 173 Å². The smallest absolute Gasteiger partial charge is 0.265 e. The van der Waals surface area contributed by atoms with Crippen LogP contribution in [0.1, 0.15) is 48.7 Å². The number of amides is 1. The molecule has 5 heteroatoms. The molecule has 0 N–H and O–H groups in total. The highest BCUT2D eigenvalue weighted by Crippen LogP contribution is 2.30. The molecule has 5 nitrogen and oxygen atoms in total. The minimum Gasteiger partial charge on any atom is -0.497 e. The summed E-state index contributed by atoms with van der Waals surface area (Å²) in [5.41, 5.74) is 4.42. The first-order valence-corrected chi connectivity index (χ1v) is 10.2. The van der Waals surface area contributed by atoms with Crippen LogP contribution in [0.2, 0.25) is 0 Å². The van der Waals surface area contributed by atoms with E-state index in [-0.39, 0.29) is 17.5 Å². The molecule has 0 radical (unpaired) electrons. The fourth-order valence-corrected chi connectivity index (χ4v) is 3.67. The van der Waals surface area contributed by atoms with E-state index in [0.717, 1.165) is 54.1 Å². The quantitative estimate of drug-likeness (QED) is 0.487. The average Bonchev–Trinajstić information content (AvgIpc) is 3.53. The normalized spacial score (nSPS) is 13.8. The van der Waals surface area contributed by atoms with Crippen molar-refractivity contribution in [2.45, 2.75) is 59.2 Å². The molecule has 2 aromatic rings. The molecule has 1 amide bonds. The molecule has 1 fully saturated rings. The van der Waals surface area contributed by atoms with Gasteiger partial charge in [0.2, 0.25) is 0 Å². The van der Waals surface area contributed by atoms with Crippen molar-refractivity contribution in [2.24, 2.45) is 0 Å². The monoisotopic (exact) mass is 391 g/mol. The lowest BCUT2D eigenvalue weighted by atomic mass is 10.1. The van der Waals surface area contributed by atoms with Gasteiger partial charge in [-0.05, 0) is 68.5 Å². The van der Waals surface area contributed by atoms with Crippen LogP contribution in [-0.2, 0) is 17.9 Å². The van der Waals surface area contributed by atoms with Gasteiger partial charge in [0, 0.05) is 30.5 Å². The van der Waals surface area contributed by atoms with Crippen LogP contribution in [0.15, 0.2) is 35.9 Å². The van der Waals surface area contributed by atoms with Crippen molar-refractivity contribution in [3.05, 3.63) is 58.4 Å². The third-order valence-corrected chi connectivity index (χ3v) is 5.47. The number of nitriles is 1. The zero-order chi connectivity index (χ0) is 21.0. The highest BCUT2D eigenvalue weighted by molar-refractivity contribution is 6.02. The number of ether oxygens (including phenoxy) is 1. The van der Waals surface area contributed by atoms with Crippen LogP contribution in [0.3, 0.4) is 0 Å². The Balaban J connectivity index is 1.85. The van der Waals surface area contributed by atoms with Crippen molar-refractivity contribution >= 4 is 12.0 Å². The summed E-state index contributed by atoms with van der Waals surface area (Å²) in [6.45, 7) is 7.69. The van der Waals surface area contributed by atoms with Gasteiger partial charge in [-0.2, -0.15) is 5.26 Å². The molecule has 29 heavy (non-hydrogen) atoms. The van der Waals surface area contributed by atoms with E-state index in [0.29, 0.717) is 6.54 Å². The number of carbonyl (C=O) groups excluding carboxylic acids is 1. The summed E-state index contributed by atoms with van der Waals surface area (Å²) in [6.07, 6.45) is 4.78. The Bertz CT molecular complexity index is 944. The van der Waals surface area contributed by atoms with E-state index in [2.05, 4.69) is 30.6 Å². The maximum atomic E-state index is 13.2. The largest absolute Gasteiger partial charge is 0.497 e. The maximum Gasteiger partial charge on any atom is 0.265 e. The van der Waals surface area contributed by atoms with Gasteiger partial charge < -0.3 is 14.2 Å². The SMILES string of the molecule is CCCn1c(C)cc(/C=C(\C#N)C(=O)N(Cc2ccc(OC)cc2)C2CC2)c1C. The van der Waals surface area contributed by atoms with Gasteiger partial charge in [0.1, 0.15) is 17.4 Å². The minimum absolute atomic E-state index is 0.189. The van der Waals surface area contributed by atoms with E-state index in [1.165, 1.54) is 0 Å². The fraction of sp³-hybridized carbons (Fsp3) is 0.417. The van der Waals surface area contributed by atoms with Gasteiger partial charge in [-0.3, -0.25) is 4.79 Å². The Morgan fingerprint density at radius 3 is 2.55 bits per heavy atom. The molecule has 1 aliphatic rings. The van der Waals surface area contributed by atoms with E-state index >= 15 is 0 Å². The van der Waals surface area contributed by atoms with Gasteiger partial charge in [0.25, 0.3) is 5.91 Å². The molecule has 1 aromatic carbocycles. The summed E-state index contributed by atoms with van der Waals surface area (Å²) >= 11 is 0. The molecule has 152 valence electrons. The second-order valence-electron chi connectivity index (χ2n) is 7.66. The average molecular weight is 392 g/mol. The van der Waals surface area contributed by atoms with Crippen LogP contribution in [0, 0.1) is 25.2 Å². The number of carbonyl (C=O) groups is 1. The second-order valence-corrected chi connectivity index (χ2v) is 7.66. The number of methoxy groups -OCH3 is 1. The zero-order valence-electron chi connectivity index (χ0n) is 17.7. The van der Waals surface area contributed by atoms with E-state index in [1.807, 2.05) is 36.1 Å². The number of hydrogen-bond donors (Lipinski definition) is 0. The fourth-order valence-electron chi connectivity index (χ4n) is 3.67. The predicted octanol–water partition coefficient (Wildman–Crippen LogP) is 4.62. The molecule has 1 saturated carbocycles. The highest BCUT2D eigenvalue weighted by atomic mass is 16.5. The van der Waals surface area contributed by atoms with Crippen molar-refractivity contribution in [3.8, 4) is 11.8 Å². The van der Waals surface area contributed by atoms with Crippen LogP contribution in [0.4, 0.5) is 0 Å². The lowest BCUT2D eigenvalue weighted by Gasteiger charge is -2.22. The van der Waals surface area contributed by atoms with Crippen molar-refractivity contribution in [1.82, 2.24) is 9.47 Å². The van der Waals surface area contributed by atoms with Gasteiger partial charge in [-0.1, -0.05) is 19.1 Å². The van der Waals surface area contributed by atoms with E-state index < -0.39 is 0 Å². The molecule has 0 saturated heterocycles. The van der Waals surface area contributed by atoms with Crippen molar-refractivity contribution in [3.63, 3.8) is 0 Å². The molecule has 0 atom stereocenters. The third kappa shape index (κ3) is 4.71. The molecule has 0 aliphatic heterocycles. The summed E-state index contributed by atoms with van der Waals surface area (Å²) in [7, 11) is 1.64. The summed E-state index contributed by atoms with van der Waals surface area (Å²) < 4.78 is 7.45. The first kappa shape index (κ1) is 20.7. The van der Waals surface area contributed by atoms with Gasteiger partial charge >= 0.3 is 0 Å². The van der Waals surface area contributed by atoms with Crippen molar-refractivity contribution in [1.29, 1.82) is 5.26 Å². The van der Waals surface area contributed by atoms with Crippen LogP contribution in [0.25, 0.3) is 6.08 Å². The van der Waals surface area contributed by atoms with E-state index in [4.69, 9.17) is 4.74 Å². The minimum atomic E-state index is -0.189. The molecule has 0 spiro atoms. The summed E-state index contributed by atoms with van der Waals surface area (Å²) in [6, 6.07) is 12.1. The first-order valence-electron chi connectivity index (χ1n) is 10.2. The molecule has 3 rings (SSSR count). The lowest BCUT2D eigenvalue weighted by molar-refractivity contribution is -0.127. The van der Waals surface area contributed by atoms with Crippen LogP contribution in [0.5, 0.6) is 5.75 Å². The number of rotatable bonds is 8. The number of nitrogens with zero attached hydrogens (tertiary/aromatic N) is 3. The number of aryl methyl sites for hydroxylation is 1. The van der Waals surface area contributed by atoms with Crippen LogP contribution >= 0.6 is 0 Å². The number of benzene rings is 1. The topological polar surface area (TPSA) is 58.3 Å². The molecular formula is C24H29N3O2. The second kappa shape index (κ2) is 9.00. The third-order valence-electron chi connectivity index (χ3n) is 5.47. The molecule has 1 aromatic heterocycles. The maximum absolute atomic E-state index is 13.2. The van der Waals surface area contributed by atoms with Crippen LogP contribution in [-0.4, -0.2) is 28.5 Å². The summed E-state index contributed by atoms with van der Waals surface area (Å²) in [5.74, 6) is 0.601. The predicted molar refractivity (Wildman–Crippen MR) is 114 cm³/mol. The Hall–Kier alpha value is -3.00. The van der Waals surface area contributed by atoms with Crippen LogP contribution < -0.4 is 4.74 Å². The van der Waals surface area contributed by atoms with Gasteiger partial charge in [0.05, 0.1) is 7.11 Å². The molecule has 0 bridgehead atoms. The number of hydrogen-bond acceptors (Lipinski definition) is 3. The summed E-state index contributed by atoms with van der Waals surface area (Å²) in [5, 5.41) is 9.72. The lowest BCUT2D eigenvalue weighted by Crippen LogP contribution is -2.33. The number of aromatic nitrogens is 1. The molecule has 1 heterocycles. The van der Waals surface area contributed by atoms with Gasteiger partial charge in [0.15, 0.2) is 0 Å². The molecular weight excluding hydrogens is 362 g/mol. The highest BCUT2D eigenvalue weighted by Gasteiger charge is 2.34. The standard InChI is InChI=1S/C24H29N3O2/c1-5-12-26-17(2)13-20(18(26)3)14-21(15-25)24(28)27(22-8-9-22)16-19-6-10-23(29-4)11-7-19/h6-7,10-11,13-14,22H,5,8-9,12,16H2,1-4H3/b21-14+. The molecule has 1 aliphatic carbocycles. The van der Waals surface area contributed by atoms with E-state index in [9.17, 15) is 10.1 Å². The Morgan fingerprint density at radius 1 is 1.31 bits per heavy atom. The summed E-state index contributed by atoms with van der Waals surface area (Å²) in [4.78, 5) is 15.1. The first-order chi connectivity index (χ1) is 14.0. The molecule has 0 unspecified atom stereocenters. The van der Waals surface area contributed by atoms with Crippen molar-refractivity contribution in [2.75, 3.05) is 7.11 Å². The zero-order valence-corrected chi connectivity index (χ0v) is 17.7. The van der Waals surface area contributed by atoms with E-state index in [1.54, 1.807) is 13.2 Å². The van der Waals surface area contributed by atoms with Gasteiger partial charge in [-0.25, -0.2) is 0 Å². The Kier molecular flexibility index (Phi) is 6.43. The van der Waals surface area contributed by atoms with Gasteiger partial charge in [-0.15, -0.1) is 0 Å².